The lowest BCUT2D eigenvalue weighted by atomic mass is 10.2. The molecule has 86 valence electrons. The van der Waals surface area contributed by atoms with Gasteiger partial charge in [0.2, 0.25) is 0 Å². The fourth-order valence-corrected chi connectivity index (χ4v) is 1.55. The van der Waals surface area contributed by atoms with Crippen LogP contribution in [0, 0.1) is 0 Å². The molecule has 2 rings (SSSR count). The van der Waals surface area contributed by atoms with Gasteiger partial charge in [-0.25, -0.2) is 0 Å². The smallest absolute Gasteiger partial charge is 0.325 e. The predicted octanol–water partition coefficient (Wildman–Crippen LogP) is 0.718. The lowest BCUT2D eigenvalue weighted by molar-refractivity contribution is -0.150. The topological polar surface area (TPSA) is 47.6 Å². The van der Waals surface area contributed by atoms with Gasteiger partial charge in [0.25, 0.3) is 0 Å². The van der Waals surface area contributed by atoms with Crippen molar-refractivity contribution in [1.29, 1.82) is 0 Å². The largest absolute Gasteiger partial charge is 0.460 e. The normalized spacial score (nSPS) is 20.4. The zero-order valence-corrected chi connectivity index (χ0v) is 9.02. The molecule has 1 aliphatic heterocycles. The van der Waals surface area contributed by atoms with Gasteiger partial charge in [0.05, 0.1) is 13.2 Å². The molecular weight excluding hydrogens is 206 g/mol. The Balaban J connectivity index is 1.79. The summed E-state index contributed by atoms with van der Waals surface area (Å²) in [4.78, 5) is 11.6. The third-order valence-electron chi connectivity index (χ3n) is 2.43. The first-order valence-corrected chi connectivity index (χ1v) is 5.38. The first kappa shape index (κ1) is 11.1. The number of hydrogen-bond donors (Lipinski definition) is 1. The number of esters is 1. The molecule has 0 saturated carbocycles. The molecule has 0 spiro atoms. The summed E-state index contributed by atoms with van der Waals surface area (Å²) >= 11 is 0. The van der Waals surface area contributed by atoms with Gasteiger partial charge in [-0.2, -0.15) is 0 Å². The summed E-state index contributed by atoms with van der Waals surface area (Å²) in [5.41, 5.74) is 0.993. The Kier molecular flexibility index (Phi) is 3.91. The molecule has 1 saturated heterocycles. The van der Waals surface area contributed by atoms with Gasteiger partial charge in [0, 0.05) is 6.54 Å². The zero-order valence-electron chi connectivity index (χ0n) is 9.02. The van der Waals surface area contributed by atoms with E-state index in [9.17, 15) is 4.79 Å². The molecule has 4 heteroatoms. The van der Waals surface area contributed by atoms with Gasteiger partial charge in [-0.05, 0) is 5.56 Å². The van der Waals surface area contributed by atoms with E-state index < -0.39 is 0 Å². The Morgan fingerprint density at radius 2 is 2.25 bits per heavy atom. The highest BCUT2D eigenvalue weighted by Gasteiger charge is 2.22. The van der Waals surface area contributed by atoms with Crippen LogP contribution in [0.3, 0.4) is 0 Å². The quantitative estimate of drug-likeness (QED) is 0.764. The average Bonchev–Trinajstić information content (AvgIpc) is 2.38. The molecular formula is C12H15NO3. The van der Waals surface area contributed by atoms with Crippen LogP contribution in [0.2, 0.25) is 0 Å². The van der Waals surface area contributed by atoms with Gasteiger partial charge in [0.1, 0.15) is 12.6 Å². The molecule has 0 aromatic heterocycles. The second kappa shape index (κ2) is 5.63. The number of nitrogens with one attached hydrogen (secondary N) is 1. The summed E-state index contributed by atoms with van der Waals surface area (Å²) in [6.45, 7) is 2.07. The van der Waals surface area contributed by atoms with Crippen molar-refractivity contribution in [2.75, 3.05) is 19.8 Å². The van der Waals surface area contributed by atoms with E-state index in [1.807, 2.05) is 30.3 Å². The molecule has 1 atom stereocenters. The highest BCUT2D eigenvalue weighted by molar-refractivity contribution is 5.76. The minimum absolute atomic E-state index is 0.247. The highest BCUT2D eigenvalue weighted by Crippen LogP contribution is 2.03. The molecule has 0 radical (unpaired) electrons. The van der Waals surface area contributed by atoms with Crippen molar-refractivity contribution >= 4 is 5.97 Å². The van der Waals surface area contributed by atoms with Crippen LogP contribution < -0.4 is 5.32 Å². The minimum atomic E-state index is -0.322. The molecule has 0 amide bonds. The molecule has 1 aromatic rings. The number of carbonyl (C=O) groups excluding carboxylic acids is 1. The first-order valence-electron chi connectivity index (χ1n) is 5.38. The SMILES string of the molecule is O=C(OCc1ccccc1)C1COCCN1. The monoisotopic (exact) mass is 221 g/mol. The molecule has 1 heterocycles. The number of carbonyl (C=O) groups is 1. The number of benzene rings is 1. The molecule has 1 aromatic carbocycles. The second-order valence-corrected chi connectivity index (χ2v) is 3.67. The summed E-state index contributed by atoms with van der Waals surface area (Å²) in [6.07, 6.45) is 0. The van der Waals surface area contributed by atoms with Crippen molar-refractivity contribution in [2.24, 2.45) is 0 Å². The molecule has 4 nitrogen and oxygen atoms in total. The maximum atomic E-state index is 11.6. The molecule has 0 aliphatic carbocycles. The lowest BCUT2D eigenvalue weighted by Gasteiger charge is -2.22. The van der Waals surface area contributed by atoms with E-state index in [1.165, 1.54) is 0 Å². The van der Waals surface area contributed by atoms with Crippen LogP contribution in [-0.2, 0) is 20.9 Å². The van der Waals surface area contributed by atoms with Crippen molar-refractivity contribution in [3.8, 4) is 0 Å². The van der Waals surface area contributed by atoms with Crippen molar-refractivity contribution in [1.82, 2.24) is 5.32 Å². The van der Waals surface area contributed by atoms with E-state index in [0.29, 0.717) is 26.4 Å². The van der Waals surface area contributed by atoms with E-state index in [2.05, 4.69) is 5.32 Å². The summed E-state index contributed by atoms with van der Waals surface area (Å²) < 4.78 is 10.4. The van der Waals surface area contributed by atoms with Gasteiger partial charge in [-0.15, -0.1) is 0 Å². The van der Waals surface area contributed by atoms with Crippen molar-refractivity contribution < 1.29 is 14.3 Å². The number of hydrogen-bond acceptors (Lipinski definition) is 4. The van der Waals surface area contributed by atoms with Crippen LogP contribution in [0.1, 0.15) is 5.56 Å². The van der Waals surface area contributed by atoms with Crippen LogP contribution >= 0.6 is 0 Å². The van der Waals surface area contributed by atoms with E-state index in [1.54, 1.807) is 0 Å². The summed E-state index contributed by atoms with van der Waals surface area (Å²) in [5.74, 6) is -0.247. The van der Waals surface area contributed by atoms with E-state index in [4.69, 9.17) is 9.47 Å². The van der Waals surface area contributed by atoms with Crippen LogP contribution in [0.25, 0.3) is 0 Å². The van der Waals surface area contributed by atoms with E-state index in [0.717, 1.165) is 5.56 Å². The Morgan fingerprint density at radius 3 is 2.94 bits per heavy atom. The number of ether oxygens (including phenoxy) is 2. The second-order valence-electron chi connectivity index (χ2n) is 3.67. The third-order valence-corrected chi connectivity index (χ3v) is 2.43. The average molecular weight is 221 g/mol. The first-order chi connectivity index (χ1) is 7.86. The summed E-state index contributed by atoms with van der Waals surface area (Å²) in [6, 6.07) is 9.31. The number of morpholine rings is 1. The lowest BCUT2D eigenvalue weighted by Crippen LogP contribution is -2.47. The van der Waals surface area contributed by atoms with Gasteiger partial charge in [0.15, 0.2) is 0 Å². The van der Waals surface area contributed by atoms with Crippen LogP contribution in [0.4, 0.5) is 0 Å². The molecule has 0 bridgehead atoms. The van der Waals surface area contributed by atoms with Crippen LogP contribution in [0.5, 0.6) is 0 Å². The van der Waals surface area contributed by atoms with Crippen molar-refractivity contribution in [2.45, 2.75) is 12.6 Å². The third kappa shape index (κ3) is 3.05. The fourth-order valence-electron chi connectivity index (χ4n) is 1.55. The minimum Gasteiger partial charge on any atom is -0.460 e. The Bertz CT molecular complexity index is 333. The van der Waals surface area contributed by atoms with E-state index in [-0.39, 0.29) is 12.0 Å². The van der Waals surface area contributed by atoms with Gasteiger partial charge in [-0.3, -0.25) is 4.79 Å². The zero-order chi connectivity index (χ0) is 11.2. The van der Waals surface area contributed by atoms with Gasteiger partial charge < -0.3 is 14.8 Å². The summed E-state index contributed by atoms with van der Waals surface area (Å²) in [5, 5.41) is 3.06. The highest BCUT2D eigenvalue weighted by atomic mass is 16.5. The van der Waals surface area contributed by atoms with Crippen molar-refractivity contribution in [3.63, 3.8) is 0 Å². The van der Waals surface area contributed by atoms with Crippen molar-refractivity contribution in [3.05, 3.63) is 35.9 Å². The van der Waals surface area contributed by atoms with E-state index >= 15 is 0 Å². The molecule has 16 heavy (non-hydrogen) atoms. The molecule has 1 unspecified atom stereocenters. The molecule has 1 N–H and O–H groups in total. The van der Waals surface area contributed by atoms with Gasteiger partial charge in [-0.1, -0.05) is 30.3 Å². The predicted molar refractivity (Wildman–Crippen MR) is 58.8 cm³/mol. The number of rotatable bonds is 3. The van der Waals surface area contributed by atoms with Crippen LogP contribution in [0.15, 0.2) is 30.3 Å². The standard InChI is InChI=1S/C12H15NO3/c14-12(11-9-15-7-6-13-11)16-8-10-4-2-1-3-5-10/h1-5,11,13H,6-9H2. The Hall–Kier alpha value is -1.39. The van der Waals surface area contributed by atoms with Gasteiger partial charge >= 0.3 is 5.97 Å². The fraction of sp³-hybridized carbons (Fsp3) is 0.417. The Morgan fingerprint density at radius 1 is 1.44 bits per heavy atom. The maximum absolute atomic E-state index is 11.6. The molecule has 1 aliphatic rings. The Labute approximate surface area is 94.6 Å². The summed E-state index contributed by atoms with van der Waals surface area (Å²) in [7, 11) is 0. The van der Waals surface area contributed by atoms with Crippen LogP contribution in [-0.4, -0.2) is 31.8 Å². The molecule has 1 fully saturated rings. The maximum Gasteiger partial charge on any atom is 0.325 e.